The first-order valence-corrected chi connectivity index (χ1v) is 11.4. The molecule has 0 aliphatic rings. The molecule has 0 bridgehead atoms. The van der Waals surface area contributed by atoms with Crippen LogP contribution >= 0.6 is 11.8 Å². The lowest BCUT2D eigenvalue weighted by molar-refractivity contribution is -0.113. The number of hydrogen-bond donors (Lipinski definition) is 1. The lowest BCUT2D eigenvalue weighted by Gasteiger charge is -2.13. The monoisotopic (exact) mass is 457 g/mol. The van der Waals surface area contributed by atoms with Crippen molar-refractivity contribution in [3.63, 3.8) is 0 Å². The number of amides is 1. The number of rotatable bonds is 6. The van der Waals surface area contributed by atoms with Gasteiger partial charge in [-0.25, -0.2) is 0 Å². The third-order valence-electron chi connectivity index (χ3n) is 5.45. The number of nitrogens with one attached hydrogen (secondary N) is 1. The van der Waals surface area contributed by atoms with Crippen LogP contribution in [0.4, 0.5) is 5.82 Å². The van der Waals surface area contributed by atoms with Crippen LogP contribution in [0.5, 0.6) is 0 Å². The van der Waals surface area contributed by atoms with E-state index in [2.05, 4.69) is 33.0 Å². The number of hydrogen-bond acceptors (Lipinski definition) is 6. The maximum atomic E-state index is 12.9. The van der Waals surface area contributed by atoms with Crippen LogP contribution in [0.15, 0.2) is 53.7 Å². The molecule has 33 heavy (non-hydrogen) atoms. The van der Waals surface area contributed by atoms with Crippen LogP contribution < -0.4 is 5.32 Å². The van der Waals surface area contributed by atoms with E-state index in [0.29, 0.717) is 16.5 Å². The van der Waals surface area contributed by atoms with Crippen LogP contribution in [0.1, 0.15) is 27.9 Å². The molecule has 2 heterocycles. The number of tetrazole rings is 1. The second-order valence-corrected chi connectivity index (χ2v) is 8.66. The Morgan fingerprint density at radius 1 is 1.12 bits per heavy atom. The number of carbonyl (C=O) groups excluding carboxylic acids is 1. The summed E-state index contributed by atoms with van der Waals surface area (Å²) in [6, 6.07) is 17.9. The van der Waals surface area contributed by atoms with Gasteiger partial charge in [0.25, 0.3) is 0 Å². The van der Waals surface area contributed by atoms with Crippen LogP contribution in [-0.4, -0.2) is 36.4 Å². The zero-order chi connectivity index (χ0) is 23.5. The molecule has 1 N–H and O–H groups in total. The van der Waals surface area contributed by atoms with Crippen LogP contribution in [0.2, 0.25) is 0 Å². The van der Waals surface area contributed by atoms with Gasteiger partial charge in [0, 0.05) is 11.4 Å². The predicted octanol–water partition coefficient (Wildman–Crippen LogP) is 4.29. The van der Waals surface area contributed by atoms with Gasteiger partial charge in [0.1, 0.15) is 11.9 Å². The summed E-state index contributed by atoms with van der Waals surface area (Å²) in [5.74, 6) is 0.313. The standard InChI is InChI=1S/C24H23N7OS/c1-15-10-11-21(16(2)12-15)31-24(27-28-29-31)33-14-22(32)26-23-20(13-25)17(3)18(4)30(23)19-8-6-5-7-9-19/h5-12H,14H2,1-4H3,(H,26,32). The van der Waals surface area contributed by atoms with E-state index in [-0.39, 0.29) is 11.7 Å². The van der Waals surface area contributed by atoms with Crippen molar-refractivity contribution in [3.8, 4) is 17.4 Å². The maximum Gasteiger partial charge on any atom is 0.236 e. The molecular formula is C24H23N7OS. The minimum Gasteiger partial charge on any atom is -0.310 e. The van der Waals surface area contributed by atoms with E-state index >= 15 is 0 Å². The van der Waals surface area contributed by atoms with Gasteiger partial charge in [-0.1, -0.05) is 47.7 Å². The molecule has 0 fully saturated rings. The van der Waals surface area contributed by atoms with Gasteiger partial charge in [-0.15, -0.1) is 5.10 Å². The van der Waals surface area contributed by atoms with Crippen LogP contribution in [-0.2, 0) is 4.79 Å². The number of anilines is 1. The highest BCUT2D eigenvalue weighted by molar-refractivity contribution is 7.99. The summed E-state index contributed by atoms with van der Waals surface area (Å²) in [4.78, 5) is 12.9. The number of benzene rings is 2. The second kappa shape index (κ2) is 9.30. The summed E-state index contributed by atoms with van der Waals surface area (Å²) >= 11 is 1.24. The number of carbonyl (C=O) groups is 1. The summed E-state index contributed by atoms with van der Waals surface area (Å²) in [7, 11) is 0. The lowest BCUT2D eigenvalue weighted by Crippen LogP contribution is -2.18. The SMILES string of the molecule is Cc1ccc(-n2nnnc2SCC(=O)Nc2c(C#N)c(C)c(C)n2-c2ccccc2)c(C)c1. The first-order chi connectivity index (χ1) is 15.9. The summed E-state index contributed by atoms with van der Waals surface area (Å²) in [6.45, 7) is 7.85. The molecule has 0 saturated heterocycles. The summed E-state index contributed by atoms with van der Waals surface area (Å²) in [5, 5.41) is 25.1. The Morgan fingerprint density at radius 2 is 1.88 bits per heavy atom. The van der Waals surface area contributed by atoms with Gasteiger partial charge in [-0.05, 0) is 67.4 Å². The molecule has 166 valence electrons. The summed E-state index contributed by atoms with van der Waals surface area (Å²) in [5.41, 5.74) is 6.13. The van der Waals surface area contributed by atoms with Crippen molar-refractivity contribution in [1.29, 1.82) is 5.26 Å². The van der Waals surface area contributed by atoms with E-state index in [1.807, 2.05) is 74.7 Å². The quantitative estimate of drug-likeness (QED) is 0.434. The molecule has 0 atom stereocenters. The number of para-hydroxylation sites is 1. The van der Waals surface area contributed by atoms with Crippen molar-refractivity contribution in [2.24, 2.45) is 0 Å². The minimum absolute atomic E-state index is 0.0915. The molecule has 8 nitrogen and oxygen atoms in total. The van der Waals surface area contributed by atoms with Crippen molar-refractivity contribution >= 4 is 23.5 Å². The summed E-state index contributed by atoms with van der Waals surface area (Å²) in [6.07, 6.45) is 0. The average Bonchev–Trinajstić information content (AvgIpc) is 3.35. The predicted molar refractivity (Wildman–Crippen MR) is 128 cm³/mol. The second-order valence-electron chi connectivity index (χ2n) is 7.72. The Kier molecular flexibility index (Phi) is 6.29. The van der Waals surface area contributed by atoms with Crippen molar-refractivity contribution in [2.75, 3.05) is 11.1 Å². The number of aryl methyl sites for hydroxylation is 2. The van der Waals surface area contributed by atoms with E-state index in [9.17, 15) is 10.1 Å². The van der Waals surface area contributed by atoms with E-state index in [0.717, 1.165) is 33.8 Å². The van der Waals surface area contributed by atoms with Gasteiger partial charge in [-0.3, -0.25) is 9.36 Å². The highest BCUT2D eigenvalue weighted by atomic mass is 32.2. The highest BCUT2D eigenvalue weighted by Crippen LogP contribution is 2.30. The number of nitriles is 1. The first-order valence-electron chi connectivity index (χ1n) is 10.4. The van der Waals surface area contributed by atoms with Gasteiger partial charge in [0.05, 0.1) is 17.0 Å². The van der Waals surface area contributed by atoms with E-state index in [1.165, 1.54) is 11.8 Å². The molecule has 0 spiro atoms. The first kappa shape index (κ1) is 22.3. The Bertz CT molecular complexity index is 1370. The third-order valence-corrected chi connectivity index (χ3v) is 6.37. The third kappa shape index (κ3) is 4.38. The molecule has 0 unspecified atom stereocenters. The fourth-order valence-electron chi connectivity index (χ4n) is 3.72. The number of thioether (sulfide) groups is 1. The molecule has 0 saturated carbocycles. The van der Waals surface area contributed by atoms with E-state index in [4.69, 9.17) is 0 Å². The fraction of sp³-hybridized carbons (Fsp3) is 0.208. The molecule has 0 aliphatic carbocycles. The topological polar surface area (TPSA) is 101 Å². The van der Waals surface area contributed by atoms with Crippen LogP contribution in [0, 0.1) is 39.0 Å². The Labute approximate surface area is 196 Å². The van der Waals surface area contributed by atoms with E-state index < -0.39 is 0 Å². The molecule has 0 aliphatic heterocycles. The Balaban J connectivity index is 1.57. The van der Waals surface area contributed by atoms with Gasteiger partial charge in [0.2, 0.25) is 11.1 Å². The molecular weight excluding hydrogens is 434 g/mol. The van der Waals surface area contributed by atoms with Crippen molar-refractivity contribution < 1.29 is 4.79 Å². The molecule has 1 amide bonds. The normalized spacial score (nSPS) is 10.8. The molecule has 2 aromatic carbocycles. The van der Waals surface area contributed by atoms with Gasteiger partial charge >= 0.3 is 0 Å². The zero-order valence-corrected chi connectivity index (χ0v) is 19.6. The fourth-order valence-corrected chi connectivity index (χ4v) is 4.41. The van der Waals surface area contributed by atoms with E-state index in [1.54, 1.807) is 4.68 Å². The highest BCUT2D eigenvalue weighted by Gasteiger charge is 2.21. The van der Waals surface area contributed by atoms with Gasteiger partial charge in [0.15, 0.2) is 0 Å². The smallest absolute Gasteiger partial charge is 0.236 e. The molecule has 4 aromatic rings. The van der Waals surface area contributed by atoms with Crippen molar-refractivity contribution in [1.82, 2.24) is 24.8 Å². The van der Waals surface area contributed by atoms with Crippen LogP contribution in [0.3, 0.4) is 0 Å². The lowest BCUT2D eigenvalue weighted by atomic mass is 10.1. The zero-order valence-electron chi connectivity index (χ0n) is 18.8. The number of aromatic nitrogens is 5. The number of nitrogens with zero attached hydrogens (tertiary/aromatic N) is 6. The molecule has 0 radical (unpaired) electrons. The van der Waals surface area contributed by atoms with Crippen LogP contribution in [0.25, 0.3) is 11.4 Å². The Hall–Kier alpha value is -3.90. The molecule has 4 rings (SSSR count). The molecule has 9 heteroatoms. The van der Waals surface area contributed by atoms with Gasteiger partial charge in [-0.2, -0.15) is 9.94 Å². The molecule has 2 aromatic heterocycles. The maximum absolute atomic E-state index is 12.9. The largest absolute Gasteiger partial charge is 0.310 e. The van der Waals surface area contributed by atoms with Crippen molar-refractivity contribution in [2.45, 2.75) is 32.9 Å². The average molecular weight is 458 g/mol. The Morgan fingerprint density at radius 3 is 2.58 bits per heavy atom. The summed E-state index contributed by atoms with van der Waals surface area (Å²) < 4.78 is 3.53. The van der Waals surface area contributed by atoms with Gasteiger partial charge < -0.3 is 5.32 Å². The minimum atomic E-state index is -0.249. The van der Waals surface area contributed by atoms with Crippen molar-refractivity contribution in [3.05, 3.63) is 76.5 Å².